The quantitative estimate of drug-likeness (QED) is 0.508. The first-order valence-electron chi connectivity index (χ1n) is 8.07. The molecule has 0 atom stereocenters. The standard InChI is InChI=1S/C18H25N3O3/c1-18(2,17(23)20-10-11-24-3)16(22)19-9-8-13-12-21-15-7-5-4-6-14(13)15/h4-7,12,21H,8-11H2,1-3H3,(H,19,22)(H,20,23). The van der Waals surface area contributed by atoms with Gasteiger partial charge in [0.05, 0.1) is 6.61 Å². The van der Waals surface area contributed by atoms with E-state index >= 15 is 0 Å². The van der Waals surface area contributed by atoms with Crippen molar-refractivity contribution in [2.24, 2.45) is 5.41 Å². The Morgan fingerprint density at radius 2 is 1.79 bits per heavy atom. The van der Waals surface area contributed by atoms with E-state index in [1.807, 2.05) is 24.4 Å². The van der Waals surface area contributed by atoms with Crippen LogP contribution < -0.4 is 10.6 Å². The Morgan fingerprint density at radius 3 is 2.50 bits per heavy atom. The molecule has 6 heteroatoms. The molecule has 0 aliphatic rings. The van der Waals surface area contributed by atoms with Crippen LogP contribution in [0.25, 0.3) is 10.9 Å². The summed E-state index contributed by atoms with van der Waals surface area (Å²) in [5.74, 6) is -0.582. The number of para-hydroxylation sites is 1. The lowest BCUT2D eigenvalue weighted by atomic mass is 9.91. The molecule has 0 bridgehead atoms. The molecule has 1 aromatic carbocycles. The molecule has 0 saturated carbocycles. The first-order chi connectivity index (χ1) is 11.5. The number of carbonyl (C=O) groups excluding carboxylic acids is 2. The van der Waals surface area contributed by atoms with Crippen LogP contribution in [0, 0.1) is 5.41 Å². The number of amides is 2. The summed E-state index contributed by atoms with van der Waals surface area (Å²) >= 11 is 0. The van der Waals surface area contributed by atoms with Gasteiger partial charge in [-0.25, -0.2) is 0 Å². The molecule has 2 aromatic rings. The van der Waals surface area contributed by atoms with Crippen LogP contribution in [0.3, 0.4) is 0 Å². The van der Waals surface area contributed by atoms with Gasteiger partial charge in [0.15, 0.2) is 0 Å². The first-order valence-corrected chi connectivity index (χ1v) is 8.07. The summed E-state index contributed by atoms with van der Waals surface area (Å²) in [5.41, 5.74) is 1.11. The summed E-state index contributed by atoms with van der Waals surface area (Å²) in [5, 5.41) is 6.71. The van der Waals surface area contributed by atoms with Crippen molar-refractivity contribution in [3.63, 3.8) is 0 Å². The van der Waals surface area contributed by atoms with Gasteiger partial charge >= 0.3 is 0 Å². The Hall–Kier alpha value is -2.34. The van der Waals surface area contributed by atoms with Gasteiger partial charge in [0.25, 0.3) is 0 Å². The number of ether oxygens (including phenoxy) is 1. The largest absolute Gasteiger partial charge is 0.383 e. The van der Waals surface area contributed by atoms with Crippen LogP contribution in [0.2, 0.25) is 0 Å². The highest BCUT2D eigenvalue weighted by atomic mass is 16.5. The van der Waals surface area contributed by atoms with Gasteiger partial charge < -0.3 is 20.4 Å². The van der Waals surface area contributed by atoms with E-state index in [-0.39, 0.29) is 11.8 Å². The molecular weight excluding hydrogens is 306 g/mol. The van der Waals surface area contributed by atoms with E-state index < -0.39 is 5.41 Å². The van der Waals surface area contributed by atoms with Crippen molar-refractivity contribution in [1.82, 2.24) is 15.6 Å². The van der Waals surface area contributed by atoms with Crippen LogP contribution in [0.1, 0.15) is 19.4 Å². The summed E-state index contributed by atoms with van der Waals surface area (Å²) in [6.07, 6.45) is 2.66. The van der Waals surface area contributed by atoms with Gasteiger partial charge in [-0.15, -0.1) is 0 Å². The molecule has 1 heterocycles. The number of methoxy groups -OCH3 is 1. The third-order valence-electron chi connectivity index (χ3n) is 4.08. The molecule has 0 unspecified atom stereocenters. The van der Waals surface area contributed by atoms with Crippen LogP contribution >= 0.6 is 0 Å². The normalized spacial score (nSPS) is 11.5. The van der Waals surface area contributed by atoms with Crippen molar-refractivity contribution >= 4 is 22.7 Å². The number of hydrogen-bond donors (Lipinski definition) is 3. The van der Waals surface area contributed by atoms with E-state index in [1.54, 1.807) is 21.0 Å². The van der Waals surface area contributed by atoms with Crippen LogP contribution in [-0.4, -0.2) is 43.6 Å². The summed E-state index contributed by atoms with van der Waals surface area (Å²) in [6.45, 7) is 4.53. The third kappa shape index (κ3) is 4.14. The minimum Gasteiger partial charge on any atom is -0.383 e. The maximum atomic E-state index is 12.3. The number of H-pyrrole nitrogens is 1. The molecule has 6 nitrogen and oxygen atoms in total. The predicted molar refractivity (Wildman–Crippen MR) is 93.7 cm³/mol. The monoisotopic (exact) mass is 331 g/mol. The Balaban J connectivity index is 1.86. The smallest absolute Gasteiger partial charge is 0.235 e. The molecule has 3 N–H and O–H groups in total. The number of aromatic amines is 1. The molecule has 0 fully saturated rings. The van der Waals surface area contributed by atoms with Crippen LogP contribution in [-0.2, 0) is 20.7 Å². The molecule has 0 aliphatic heterocycles. The topological polar surface area (TPSA) is 83.2 Å². The molecule has 2 amide bonds. The molecule has 2 rings (SSSR count). The van der Waals surface area contributed by atoms with Gasteiger partial charge in [-0.3, -0.25) is 9.59 Å². The van der Waals surface area contributed by atoms with E-state index in [1.165, 1.54) is 0 Å². The van der Waals surface area contributed by atoms with Gasteiger partial charge in [0, 0.05) is 37.3 Å². The van der Waals surface area contributed by atoms with Crippen molar-refractivity contribution in [1.29, 1.82) is 0 Å². The lowest BCUT2D eigenvalue weighted by Gasteiger charge is -2.22. The summed E-state index contributed by atoms with van der Waals surface area (Å²) in [7, 11) is 1.56. The fourth-order valence-corrected chi connectivity index (χ4v) is 2.46. The second kappa shape index (κ2) is 7.97. The second-order valence-corrected chi connectivity index (χ2v) is 6.24. The van der Waals surface area contributed by atoms with Gasteiger partial charge in [-0.1, -0.05) is 18.2 Å². The molecule has 0 saturated heterocycles. The van der Waals surface area contributed by atoms with Gasteiger partial charge in [-0.05, 0) is 31.9 Å². The fraction of sp³-hybridized carbons (Fsp3) is 0.444. The number of hydrogen-bond acceptors (Lipinski definition) is 3. The average Bonchev–Trinajstić information content (AvgIpc) is 2.98. The predicted octanol–water partition coefficient (Wildman–Crippen LogP) is 1.62. The fourth-order valence-electron chi connectivity index (χ4n) is 2.46. The molecule has 1 aromatic heterocycles. The van der Waals surface area contributed by atoms with Gasteiger partial charge in [0.1, 0.15) is 5.41 Å². The van der Waals surface area contributed by atoms with Gasteiger partial charge in [-0.2, -0.15) is 0 Å². The molecule has 24 heavy (non-hydrogen) atoms. The van der Waals surface area contributed by atoms with E-state index in [2.05, 4.69) is 21.7 Å². The Bertz CT molecular complexity index is 706. The Kier molecular flexibility index (Phi) is 5.98. The Labute approximate surface area is 142 Å². The molecule has 0 radical (unpaired) electrons. The van der Waals surface area contributed by atoms with E-state index in [0.717, 1.165) is 16.5 Å². The maximum Gasteiger partial charge on any atom is 0.235 e. The number of rotatable bonds is 8. The van der Waals surface area contributed by atoms with Crippen molar-refractivity contribution < 1.29 is 14.3 Å². The third-order valence-corrected chi connectivity index (χ3v) is 4.08. The number of aromatic nitrogens is 1. The summed E-state index contributed by atoms with van der Waals surface area (Å²) in [4.78, 5) is 27.6. The number of nitrogens with one attached hydrogen (secondary N) is 3. The molecule has 130 valence electrons. The minimum atomic E-state index is -1.12. The molecular formula is C18H25N3O3. The highest BCUT2D eigenvalue weighted by molar-refractivity contribution is 6.04. The average molecular weight is 331 g/mol. The van der Waals surface area contributed by atoms with Crippen LogP contribution in [0.5, 0.6) is 0 Å². The summed E-state index contributed by atoms with van der Waals surface area (Å²) in [6, 6.07) is 8.04. The van der Waals surface area contributed by atoms with Crippen molar-refractivity contribution in [2.45, 2.75) is 20.3 Å². The zero-order valence-corrected chi connectivity index (χ0v) is 14.4. The number of carbonyl (C=O) groups is 2. The molecule has 0 spiro atoms. The van der Waals surface area contributed by atoms with Crippen molar-refractivity contribution in [2.75, 3.05) is 26.8 Å². The van der Waals surface area contributed by atoms with Gasteiger partial charge in [0.2, 0.25) is 11.8 Å². The zero-order chi connectivity index (χ0) is 17.6. The van der Waals surface area contributed by atoms with E-state index in [4.69, 9.17) is 4.74 Å². The lowest BCUT2D eigenvalue weighted by molar-refractivity contribution is -0.141. The minimum absolute atomic E-state index is 0.280. The zero-order valence-electron chi connectivity index (χ0n) is 14.4. The van der Waals surface area contributed by atoms with Crippen molar-refractivity contribution in [3.05, 3.63) is 36.0 Å². The van der Waals surface area contributed by atoms with Crippen LogP contribution in [0.15, 0.2) is 30.5 Å². The van der Waals surface area contributed by atoms with E-state index in [0.29, 0.717) is 26.1 Å². The lowest BCUT2D eigenvalue weighted by Crippen LogP contribution is -2.48. The van der Waals surface area contributed by atoms with Crippen LogP contribution in [0.4, 0.5) is 0 Å². The number of fused-ring (bicyclic) bond motifs is 1. The molecule has 0 aliphatic carbocycles. The SMILES string of the molecule is COCCNC(=O)C(C)(C)C(=O)NCCc1c[nH]c2ccccc12. The van der Waals surface area contributed by atoms with Crippen molar-refractivity contribution in [3.8, 4) is 0 Å². The number of benzene rings is 1. The van der Waals surface area contributed by atoms with E-state index in [9.17, 15) is 9.59 Å². The maximum absolute atomic E-state index is 12.3. The second-order valence-electron chi connectivity index (χ2n) is 6.24. The highest BCUT2D eigenvalue weighted by Crippen LogP contribution is 2.18. The Morgan fingerprint density at radius 1 is 1.12 bits per heavy atom. The first kappa shape index (κ1) is 18.0. The summed E-state index contributed by atoms with van der Waals surface area (Å²) < 4.78 is 4.89. The highest BCUT2D eigenvalue weighted by Gasteiger charge is 2.35.